The third-order valence-corrected chi connectivity index (χ3v) is 1.48. The Morgan fingerprint density at radius 3 is 3.18 bits per heavy atom. The minimum atomic E-state index is 0.691. The number of hydrogen-bond donors (Lipinski definition) is 1. The smallest absolute Gasteiger partial charge is 0.124 e. The molecule has 1 aromatic rings. The molecule has 4 heteroatoms. The van der Waals surface area contributed by atoms with E-state index in [2.05, 4.69) is 10.4 Å². The predicted molar refractivity (Wildman–Crippen MR) is 43.6 cm³/mol. The van der Waals surface area contributed by atoms with Crippen molar-refractivity contribution in [2.24, 2.45) is 0 Å². The molecule has 0 aliphatic heterocycles. The second kappa shape index (κ2) is 3.98. The number of methoxy groups -OCH3 is 1. The van der Waals surface area contributed by atoms with Crippen LogP contribution in [0, 0.1) is 0 Å². The van der Waals surface area contributed by atoms with Crippen LogP contribution in [0.25, 0.3) is 0 Å². The van der Waals surface area contributed by atoms with Gasteiger partial charge in [0.15, 0.2) is 0 Å². The molecule has 0 aliphatic rings. The summed E-state index contributed by atoms with van der Waals surface area (Å²) < 4.78 is 6.79. The highest BCUT2D eigenvalue weighted by Gasteiger charge is 1.97. The first-order valence-corrected chi connectivity index (χ1v) is 3.57. The van der Waals surface area contributed by atoms with Crippen LogP contribution >= 0.6 is 0 Å². The van der Waals surface area contributed by atoms with Gasteiger partial charge in [0, 0.05) is 20.2 Å². The second-order valence-corrected chi connectivity index (χ2v) is 2.18. The molecule has 1 rings (SSSR count). The van der Waals surface area contributed by atoms with Crippen LogP contribution in [0.2, 0.25) is 0 Å². The van der Waals surface area contributed by atoms with Gasteiger partial charge in [-0.15, -0.1) is 0 Å². The molecule has 0 saturated heterocycles. The van der Waals surface area contributed by atoms with Gasteiger partial charge in [-0.05, 0) is 0 Å². The van der Waals surface area contributed by atoms with Crippen molar-refractivity contribution in [3.05, 3.63) is 12.3 Å². The summed E-state index contributed by atoms with van der Waals surface area (Å²) in [5, 5.41) is 7.13. The zero-order chi connectivity index (χ0) is 8.10. The standard InChI is InChI=1S/C7H13N3O/c1-8-7-3-4-9-10(7)5-6-11-2/h3-4,8H,5-6H2,1-2H3. The van der Waals surface area contributed by atoms with Crippen LogP contribution in [-0.2, 0) is 11.3 Å². The van der Waals surface area contributed by atoms with Crippen LogP contribution in [0.5, 0.6) is 0 Å². The summed E-state index contributed by atoms with van der Waals surface area (Å²) in [5.41, 5.74) is 0. The van der Waals surface area contributed by atoms with Crippen LogP contribution in [0.4, 0.5) is 5.82 Å². The van der Waals surface area contributed by atoms with E-state index in [-0.39, 0.29) is 0 Å². The van der Waals surface area contributed by atoms with E-state index in [4.69, 9.17) is 4.74 Å². The fourth-order valence-corrected chi connectivity index (χ4v) is 0.901. The molecule has 1 N–H and O–H groups in total. The molecule has 0 fully saturated rings. The molecule has 0 spiro atoms. The van der Waals surface area contributed by atoms with Crippen LogP contribution in [-0.4, -0.2) is 30.5 Å². The van der Waals surface area contributed by atoms with E-state index in [1.807, 2.05) is 17.8 Å². The van der Waals surface area contributed by atoms with Crippen LogP contribution < -0.4 is 5.32 Å². The maximum Gasteiger partial charge on any atom is 0.124 e. The van der Waals surface area contributed by atoms with Gasteiger partial charge in [-0.1, -0.05) is 0 Å². The summed E-state index contributed by atoms with van der Waals surface area (Å²) in [4.78, 5) is 0. The monoisotopic (exact) mass is 155 g/mol. The Hall–Kier alpha value is -1.03. The number of aromatic nitrogens is 2. The SMILES string of the molecule is CNc1ccnn1CCOC. The van der Waals surface area contributed by atoms with E-state index in [1.165, 1.54) is 0 Å². The fraction of sp³-hybridized carbons (Fsp3) is 0.571. The molecule has 0 unspecified atom stereocenters. The first kappa shape index (κ1) is 8.07. The van der Waals surface area contributed by atoms with Crippen LogP contribution in [0.1, 0.15) is 0 Å². The van der Waals surface area contributed by atoms with Crippen molar-refractivity contribution in [3.63, 3.8) is 0 Å². The van der Waals surface area contributed by atoms with Crippen molar-refractivity contribution >= 4 is 5.82 Å². The molecule has 0 radical (unpaired) electrons. The van der Waals surface area contributed by atoms with Gasteiger partial charge in [0.05, 0.1) is 19.3 Å². The van der Waals surface area contributed by atoms with Gasteiger partial charge in [-0.3, -0.25) is 0 Å². The van der Waals surface area contributed by atoms with Crippen LogP contribution in [0.3, 0.4) is 0 Å². The first-order chi connectivity index (χ1) is 5.38. The Labute approximate surface area is 66.2 Å². The molecule has 1 heterocycles. The highest BCUT2D eigenvalue weighted by atomic mass is 16.5. The average molecular weight is 155 g/mol. The molecular formula is C7H13N3O. The molecule has 0 aliphatic carbocycles. The lowest BCUT2D eigenvalue weighted by Gasteiger charge is -2.04. The normalized spacial score (nSPS) is 10.0. The molecule has 11 heavy (non-hydrogen) atoms. The molecule has 1 aromatic heterocycles. The highest BCUT2D eigenvalue weighted by molar-refractivity contribution is 5.32. The number of nitrogens with one attached hydrogen (secondary N) is 1. The largest absolute Gasteiger partial charge is 0.383 e. The van der Waals surface area contributed by atoms with Gasteiger partial charge < -0.3 is 10.1 Å². The van der Waals surface area contributed by atoms with Gasteiger partial charge in [0.1, 0.15) is 5.82 Å². The van der Waals surface area contributed by atoms with Gasteiger partial charge in [-0.25, -0.2) is 4.68 Å². The van der Waals surface area contributed by atoms with Crippen molar-refractivity contribution in [2.75, 3.05) is 26.1 Å². The van der Waals surface area contributed by atoms with Crippen LogP contribution in [0.15, 0.2) is 12.3 Å². The van der Waals surface area contributed by atoms with Gasteiger partial charge in [0.25, 0.3) is 0 Å². The first-order valence-electron chi connectivity index (χ1n) is 3.57. The van der Waals surface area contributed by atoms with E-state index < -0.39 is 0 Å². The van der Waals surface area contributed by atoms with E-state index in [0.29, 0.717) is 6.61 Å². The second-order valence-electron chi connectivity index (χ2n) is 2.18. The lowest BCUT2D eigenvalue weighted by molar-refractivity contribution is 0.184. The number of hydrogen-bond acceptors (Lipinski definition) is 3. The number of anilines is 1. The Kier molecular flexibility index (Phi) is 2.92. The lowest BCUT2D eigenvalue weighted by Crippen LogP contribution is -2.08. The van der Waals surface area contributed by atoms with Crippen molar-refractivity contribution in [1.29, 1.82) is 0 Å². The van der Waals surface area contributed by atoms with E-state index in [9.17, 15) is 0 Å². The topological polar surface area (TPSA) is 39.1 Å². The van der Waals surface area contributed by atoms with Crippen molar-refractivity contribution in [2.45, 2.75) is 6.54 Å². The minimum Gasteiger partial charge on any atom is -0.383 e. The molecule has 62 valence electrons. The molecule has 0 atom stereocenters. The Balaban J connectivity index is 2.54. The summed E-state index contributed by atoms with van der Waals surface area (Å²) in [7, 11) is 3.56. The molecule has 4 nitrogen and oxygen atoms in total. The van der Waals surface area contributed by atoms with E-state index >= 15 is 0 Å². The van der Waals surface area contributed by atoms with Gasteiger partial charge in [-0.2, -0.15) is 5.10 Å². The highest BCUT2D eigenvalue weighted by Crippen LogP contribution is 2.03. The van der Waals surface area contributed by atoms with E-state index in [1.54, 1.807) is 13.3 Å². The molecule has 0 aromatic carbocycles. The molecule has 0 saturated carbocycles. The summed E-state index contributed by atoms with van der Waals surface area (Å²) >= 11 is 0. The minimum absolute atomic E-state index is 0.691. The van der Waals surface area contributed by atoms with Gasteiger partial charge >= 0.3 is 0 Å². The predicted octanol–water partition coefficient (Wildman–Crippen LogP) is 0.571. The Morgan fingerprint density at radius 2 is 2.55 bits per heavy atom. The third-order valence-electron chi connectivity index (χ3n) is 1.48. The summed E-state index contributed by atoms with van der Waals surface area (Å²) in [6.45, 7) is 1.48. The molecular weight excluding hydrogens is 142 g/mol. The maximum absolute atomic E-state index is 4.93. The molecule has 0 amide bonds. The van der Waals surface area contributed by atoms with Crippen molar-refractivity contribution in [1.82, 2.24) is 9.78 Å². The third kappa shape index (κ3) is 1.94. The lowest BCUT2D eigenvalue weighted by atomic mass is 10.6. The number of rotatable bonds is 4. The van der Waals surface area contributed by atoms with Crippen molar-refractivity contribution < 1.29 is 4.74 Å². The maximum atomic E-state index is 4.93. The quantitative estimate of drug-likeness (QED) is 0.691. The zero-order valence-corrected chi connectivity index (χ0v) is 6.87. The van der Waals surface area contributed by atoms with E-state index in [0.717, 1.165) is 12.4 Å². The summed E-state index contributed by atoms with van der Waals surface area (Å²) in [6, 6.07) is 1.93. The number of nitrogens with zero attached hydrogens (tertiary/aromatic N) is 2. The van der Waals surface area contributed by atoms with Crippen molar-refractivity contribution in [3.8, 4) is 0 Å². The Bertz CT molecular complexity index is 209. The average Bonchev–Trinajstić information content (AvgIpc) is 2.47. The number of ether oxygens (including phenoxy) is 1. The fourth-order valence-electron chi connectivity index (χ4n) is 0.901. The summed E-state index contributed by atoms with van der Waals surface area (Å²) in [6.07, 6.45) is 1.77. The zero-order valence-electron chi connectivity index (χ0n) is 6.87. The van der Waals surface area contributed by atoms with Gasteiger partial charge in [0.2, 0.25) is 0 Å². The Morgan fingerprint density at radius 1 is 1.73 bits per heavy atom. The summed E-state index contributed by atoms with van der Waals surface area (Å²) in [5.74, 6) is 1.02. The molecule has 0 bridgehead atoms.